The summed E-state index contributed by atoms with van der Waals surface area (Å²) in [7, 11) is 0. The third-order valence-corrected chi connectivity index (χ3v) is 15.6. The summed E-state index contributed by atoms with van der Waals surface area (Å²) >= 11 is 0. The highest BCUT2D eigenvalue weighted by Crippen LogP contribution is 2.72. The number of carboxylic acid groups (broad SMARTS) is 1. The Kier molecular flexibility index (Phi) is 14.0. The standard InChI is InChI=1S/C52H62F2N6O12/c1-26(55)43(65)58-27(2)44(66)59-32-15-29(14-30(16-32)21-48(3,4)72-47(69)60-39(45(67)68)17-33-23-56-25-57-33)13-28-7-9-31(10-8-28)46-70-42-20-35-36-19-38(53)37-18-34(62)11-12-49(37,5)51(36,54)40(63)22-50(35,6)52(42,71-46)41(64)24-61/h7-12,14-16,18,23,25-27,35-36,38-40,42,46,61,63H,13,17,19-22,24,55H2,1-6H3,(H,56,57)(H,58,65)(H,59,66)(H,60,69)(H,67,68)/t26-,27-,35-,36-,38-,39-,40-,42+,46?,49-,50-,51-,52+/m0/s1. The quantitative estimate of drug-likeness (QED) is 0.100. The molecule has 3 aromatic rings. The van der Waals surface area contributed by atoms with E-state index in [1.807, 2.05) is 18.2 Å². The smallest absolute Gasteiger partial charge is 0.408 e. The van der Waals surface area contributed by atoms with E-state index in [0.717, 1.165) is 11.6 Å². The molecule has 72 heavy (non-hydrogen) atoms. The number of nitrogens with two attached hydrogens (primary N) is 1. The fourth-order valence-corrected chi connectivity index (χ4v) is 12.2. The minimum Gasteiger partial charge on any atom is -0.480 e. The number of aromatic amines is 1. The lowest BCUT2D eigenvalue weighted by atomic mass is 9.44. The Morgan fingerprint density at radius 3 is 2.38 bits per heavy atom. The summed E-state index contributed by atoms with van der Waals surface area (Å²) < 4.78 is 52.9. The zero-order valence-corrected chi connectivity index (χ0v) is 40.9. The summed E-state index contributed by atoms with van der Waals surface area (Å²) in [5, 5.41) is 39.9. The van der Waals surface area contributed by atoms with Crippen molar-refractivity contribution in [1.82, 2.24) is 20.6 Å². The average molecular weight is 1000 g/mol. The molecule has 1 aliphatic heterocycles. The largest absolute Gasteiger partial charge is 0.480 e. The fourth-order valence-electron chi connectivity index (χ4n) is 12.2. The zero-order chi connectivity index (χ0) is 52.3. The van der Waals surface area contributed by atoms with Crippen LogP contribution in [0.2, 0.25) is 0 Å². The monoisotopic (exact) mass is 1000 g/mol. The number of H-pyrrole nitrogens is 1. The molecule has 1 aromatic heterocycles. The van der Waals surface area contributed by atoms with Crippen molar-refractivity contribution in [3.05, 3.63) is 107 Å². The molecule has 13 atom stereocenters. The number of ketones is 2. The number of imidazole rings is 1. The number of carbonyl (C=O) groups excluding carboxylic acids is 5. The van der Waals surface area contributed by atoms with Crippen LogP contribution >= 0.6 is 0 Å². The molecule has 5 aliphatic rings. The number of hydrogen-bond donors (Lipinski definition) is 8. The van der Waals surface area contributed by atoms with E-state index >= 15 is 8.78 Å². The number of alkyl halides is 2. The van der Waals surface area contributed by atoms with Crippen molar-refractivity contribution in [1.29, 1.82) is 0 Å². The molecule has 0 spiro atoms. The molecule has 1 saturated heterocycles. The summed E-state index contributed by atoms with van der Waals surface area (Å²) in [6.07, 6.45) is -0.0855. The van der Waals surface area contributed by atoms with Crippen LogP contribution in [0.15, 0.2) is 78.8 Å². The third-order valence-electron chi connectivity index (χ3n) is 15.6. The molecule has 18 nitrogen and oxygen atoms in total. The fraction of sp³-hybridized carbons (Fsp3) is 0.519. The molecule has 2 heterocycles. The van der Waals surface area contributed by atoms with Crippen LogP contribution in [0, 0.1) is 22.7 Å². The number of aliphatic carboxylic acids is 1. The van der Waals surface area contributed by atoms with Crippen molar-refractivity contribution in [2.45, 2.75) is 140 Å². The number of hydrogen-bond acceptors (Lipinski definition) is 13. The molecule has 2 aromatic carbocycles. The first kappa shape index (κ1) is 52.1. The van der Waals surface area contributed by atoms with Crippen LogP contribution in [0.3, 0.4) is 0 Å². The van der Waals surface area contributed by atoms with Gasteiger partial charge in [-0.25, -0.2) is 23.4 Å². The normalized spacial score (nSPS) is 31.7. The van der Waals surface area contributed by atoms with Gasteiger partial charge < -0.3 is 56.2 Å². The molecule has 9 N–H and O–H groups in total. The van der Waals surface area contributed by atoms with Crippen LogP contribution in [0.25, 0.3) is 0 Å². The van der Waals surface area contributed by atoms with Gasteiger partial charge in [-0.3, -0.25) is 19.2 Å². The van der Waals surface area contributed by atoms with Gasteiger partial charge in [0.25, 0.3) is 0 Å². The van der Waals surface area contributed by atoms with Crippen molar-refractivity contribution in [3.8, 4) is 0 Å². The molecule has 4 fully saturated rings. The number of aliphatic hydroxyl groups is 2. The Morgan fingerprint density at radius 2 is 1.72 bits per heavy atom. The van der Waals surface area contributed by atoms with E-state index in [9.17, 15) is 44.1 Å². The van der Waals surface area contributed by atoms with Gasteiger partial charge in [0.1, 0.15) is 30.5 Å². The topological polar surface area (TPSA) is 282 Å². The summed E-state index contributed by atoms with van der Waals surface area (Å²) in [6.45, 7) is 8.59. The highest BCUT2D eigenvalue weighted by molar-refractivity contribution is 6.01. The van der Waals surface area contributed by atoms with Gasteiger partial charge in [0.15, 0.2) is 29.1 Å². The first-order valence-electron chi connectivity index (χ1n) is 24.1. The molecule has 3 amide bonds. The molecular weight excluding hydrogens is 939 g/mol. The van der Waals surface area contributed by atoms with Gasteiger partial charge in [0, 0.05) is 52.7 Å². The minimum absolute atomic E-state index is 0.0200. The zero-order valence-electron chi connectivity index (χ0n) is 40.9. The van der Waals surface area contributed by atoms with E-state index in [0.29, 0.717) is 34.5 Å². The van der Waals surface area contributed by atoms with E-state index in [4.69, 9.17) is 19.9 Å². The number of nitrogens with zero attached hydrogens (tertiary/aromatic N) is 1. The first-order chi connectivity index (χ1) is 33.8. The number of alkyl carbamates (subject to hydrolysis) is 1. The predicted octanol–water partition coefficient (Wildman–Crippen LogP) is 4.18. The Bertz CT molecular complexity index is 2700. The number of ether oxygens (including phenoxy) is 3. The van der Waals surface area contributed by atoms with Crippen LogP contribution in [0.1, 0.15) is 95.0 Å². The van der Waals surface area contributed by atoms with Crippen molar-refractivity contribution < 1.29 is 67.1 Å². The molecular formula is C52H62F2N6O12. The highest BCUT2D eigenvalue weighted by atomic mass is 19.1. The van der Waals surface area contributed by atoms with Gasteiger partial charge in [0.05, 0.1) is 24.6 Å². The first-order valence-corrected chi connectivity index (χ1v) is 24.1. The summed E-state index contributed by atoms with van der Waals surface area (Å²) in [6, 6.07) is 9.32. The SMILES string of the molecule is C[C@H](N)C(=O)N[C@@H](C)C(=O)Nc1cc(Cc2ccc(C3O[C@@H]4C[C@H]5[C@@H]6C[C@H](F)C7=CC(=O)C=C[C@]7(C)[C@@]6(F)[C@@H](O)C[C@]5(C)[C@]4(C(=O)CO)O3)cc2)cc(CC(C)(C)OC(=O)N[C@@H](Cc2cnc[nH]2)C(=O)O)c1. The Morgan fingerprint density at radius 1 is 1.01 bits per heavy atom. The van der Waals surface area contributed by atoms with Crippen molar-refractivity contribution >= 4 is 41.1 Å². The molecule has 3 saturated carbocycles. The number of rotatable bonds is 16. The van der Waals surface area contributed by atoms with Crippen LogP contribution < -0.4 is 21.7 Å². The van der Waals surface area contributed by atoms with E-state index in [-0.39, 0.29) is 37.7 Å². The lowest BCUT2D eigenvalue weighted by Crippen LogP contribution is -2.70. The number of fused-ring (bicyclic) bond motifs is 7. The molecule has 0 bridgehead atoms. The number of Topliss-reactive ketones (excluding diaryl/α,β-unsaturated/α-hetero) is 1. The number of carboxylic acids is 1. The number of halogens is 2. The van der Waals surface area contributed by atoms with Crippen LogP contribution in [0.5, 0.6) is 0 Å². The summed E-state index contributed by atoms with van der Waals surface area (Å²) in [5.74, 6) is -5.29. The van der Waals surface area contributed by atoms with E-state index in [2.05, 4.69) is 25.9 Å². The van der Waals surface area contributed by atoms with Gasteiger partial charge in [-0.05, 0) is 113 Å². The van der Waals surface area contributed by atoms with E-state index in [1.165, 1.54) is 45.4 Å². The number of benzene rings is 2. The maximum absolute atomic E-state index is 17.9. The summed E-state index contributed by atoms with van der Waals surface area (Å²) in [5.41, 5.74) is 0.860. The Labute approximate surface area is 414 Å². The highest BCUT2D eigenvalue weighted by Gasteiger charge is 2.80. The number of aromatic nitrogens is 2. The summed E-state index contributed by atoms with van der Waals surface area (Å²) in [4.78, 5) is 83.8. The lowest BCUT2D eigenvalue weighted by molar-refractivity contribution is -0.235. The lowest BCUT2D eigenvalue weighted by Gasteiger charge is -2.63. The number of allylic oxidation sites excluding steroid dienone is 4. The van der Waals surface area contributed by atoms with E-state index in [1.54, 1.807) is 45.0 Å². The minimum atomic E-state index is -2.39. The van der Waals surface area contributed by atoms with Gasteiger partial charge in [-0.2, -0.15) is 0 Å². The molecule has 8 rings (SSSR count). The molecule has 20 heteroatoms. The van der Waals surface area contributed by atoms with Crippen LogP contribution in [0.4, 0.5) is 19.3 Å². The second-order valence-corrected chi connectivity index (χ2v) is 21.1. The molecule has 1 unspecified atom stereocenters. The molecule has 0 radical (unpaired) electrons. The second-order valence-electron chi connectivity index (χ2n) is 21.1. The Balaban J connectivity index is 1.01. The average Bonchev–Trinajstić information content (AvgIpc) is 4.03. The van der Waals surface area contributed by atoms with Gasteiger partial charge in [-0.1, -0.05) is 43.3 Å². The van der Waals surface area contributed by atoms with Gasteiger partial charge in [-0.15, -0.1) is 0 Å². The number of anilines is 1. The number of carbonyl (C=O) groups is 6. The maximum Gasteiger partial charge on any atom is 0.408 e. The molecule has 386 valence electrons. The Hall–Kier alpha value is -6.19. The van der Waals surface area contributed by atoms with E-state index < -0.39 is 124 Å². The van der Waals surface area contributed by atoms with Gasteiger partial charge >= 0.3 is 12.1 Å². The van der Waals surface area contributed by atoms with Gasteiger partial charge in [0.2, 0.25) is 11.8 Å². The second kappa shape index (κ2) is 19.3. The number of nitrogens with one attached hydrogen (secondary N) is 4. The van der Waals surface area contributed by atoms with Crippen molar-refractivity contribution in [2.24, 2.45) is 28.4 Å². The van der Waals surface area contributed by atoms with Crippen LogP contribution in [-0.4, -0.2) is 121 Å². The van der Waals surface area contributed by atoms with Crippen LogP contribution in [-0.2, 0) is 57.4 Å². The maximum atomic E-state index is 17.9. The van der Waals surface area contributed by atoms with Crippen molar-refractivity contribution in [3.63, 3.8) is 0 Å². The van der Waals surface area contributed by atoms with Crippen molar-refractivity contribution in [2.75, 3.05) is 11.9 Å². The number of amides is 3. The molecule has 4 aliphatic carbocycles. The number of aliphatic hydroxyl groups excluding tert-OH is 2. The third kappa shape index (κ3) is 9.27. The predicted molar refractivity (Wildman–Crippen MR) is 254 cm³/mol.